The van der Waals surface area contributed by atoms with Crippen LogP contribution < -0.4 is 5.32 Å². The summed E-state index contributed by atoms with van der Waals surface area (Å²) in [6.45, 7) is 6.33. The minimum atomic E-state index is -0.0918. The normalized spacial score (nSPS) is 30.5. The van der Waals surface area contributed by atoms with E-state index in [2.05, 4.69) is 17.1 Å². The molecule has 2 rings (SSSR count). The van der Waals surface area contributed by atoms with E-state index in [4.69, 9.17) is 5.11 Å². The molecule has 2 aliphatic rings. The second kappa shape index (κ2) is 7.58. The molecule has 19 heavy (non-hydrogen) atoms. The number of aliphatic hydroxyl groups excluding tert-OH is 2. The Morgan fingerprint density at radius 2 is 2.11 bits per heavy atom. The third kappa shape index (κ3) is 5.03. The molecule has 0 radical (unpaired) electrons. The van der Waals surface area contributed by atoms with Crippen molar-refractivity contribution >= 4 is 0 Å². The largest absolute Gasteiger partial charge is 0.395 e. The van der Waals surface area contributed by atoms with Gasteiger partial charge in [0, 0.05) is 25.7 Å². The Hall–Kier alpha value is -0.160. The topological polar surface area (TPSA) is 55.7 Å². The molecule has 4 nitrogen and oxygen atoms in total. The molecule has 0 amide bonds. The Balaban J connectivity index is 1.81. The van der Waals surface area contributed by atoms with Gasteiger partial charge in [-0.1, -0.05) is 6.92 Å². The summed E-state index contributed by atoms with van der Waals surface area (Å²) in [6, 6.07) is 0.525. The smallest absolute Gasteiger partial charge is 0.0571 e. The molecule has 1 heterocycles. The van der Waals surface area contributed by atoms with Crippen LogP contribution in [0.15, 0.2) is 0 Å². The summed E-state index contributed by atoms with van der Waals surface area (Å²) >= 11 is 0. The molecule has 2 fully saturated rings. The maximum atomic E-state index is 10.1. The zero-order valence-corrected chi connectivity index (χ0v) is 12.2. The average molecular weight is 270 g/mol. The van der Waals surface area contributed by atoms with Gasteiger partial charge in [0.1, 0.15) is 0 Å². The monoisotopic (exact) mass is 270 g/mol. The van der Waals surface area contributed by atoms with E-state index in [1.54, 1.807) is 0 Å². The molecule has 0 aromatic rings. The number of aliphatic hydroxyl groups is 2. The second-order valence-electron chi connectivity index (χ2n) is 6.38. The van der Waals surface area contributed by atoms with Gasteiger partial charge in [-0.25, -0.2) is 0 Å². The first-order chi connectivity index (χ1) is 9.22. The lowest BCUT2D eigenvalue weighted by Crippen LogP contribution is -2.50. The van der Waals surface area contributed by atoms with Crippen molar-refractivity contribution in [3.8, 4) is 0 Å². The summed E-state index contributed by atoms with van der Waals surface area (Å²) in [4.78, 5) is 2.35. The van der Waals surface area contributed by atoms with Gasteiger partial charge >= 0.3 is 0 Å². The summed E-state index contributed by atoms with van der Waals surface area (Å²) in [7, 11) is 0. The van der Waals surface area contributed by atoms with Crippen molar-refractivity contribution in [2.45, 2.75) is 51.2 Å². The van der Waals surface area contributed by atoms with E-state index >= 15 is 0 Å². The van der Waals surface area contributed by atoms with E-state index in [1.807, 2.05) is 0 Å². The number of β-amino-alcohol motifs (C(OH)–C–C–N with tert-alkyl or cyclic N) is 1. The number of nitrogens with one attached hydrogen (secondary N) is 1. The van der Waals surface area contributed by atoms with E-state index in [9.17, 15) is 5.11 Å². The average Bonchev–Trinajstić information content (AvgIpc) is 3.20. The van der Waals surface area contributed by atoms with Gasteiger partial charge in [-0.2, -0.15) is 0 Å². The molecule has 0 aromatic heterocycles. The van der Waals surface area contributed by atoms with Gasteiger partial charge in [0.05, 0.1) is 12.7 Å². The molecule has 1 saturated heterocycles. The highest BCUT2D eigenvalue weighted by Gasteiger charge is 2.34. The lowest BCUT2D eigenvalue weighted by Gasteiger charge is -2.38. The highest BCUT2D eigenvalue weighted by Crippen LogP contribution is 2.36. The minimum absolute atomic E-state index is 0.0918. The Kier molecular flexibility index (Phi) is 6.07. The Labute approximate surface area is 117 Å². The number of nitrogens with zero attached hydrogens (tertiary/aromatic N) is 1. The maximum Gasteiger partial charge on any atom is 0.0571 e. The van der Waals surface area contributed by atoms with Crippen molar-refractivity contribution in [2.24, 2.45) is 11.8 Å². The van der Waals surface area contributed by atoms with E-state index in [1.165, 1.54) is 19.3 Å². The Morgan fingerprint density at radius 1 is 1.32 bits per heavy atom. The fourth-order valence-electron chi connectivity index (χ4n) is 3.31. The van der Waals surface area contributed by atoms with Gasteiger partial charge in [0.25, 0.3) is 0 Å². The van der Waals surface area contributed by atoms with Crippen molar-refractivity contribution in [2.75, 3.05) is 32.8 Å². The van der Waals surface area contributed by atoms with E-state index in [0.717, 1.165) is 39.0 Å². The van der Waals surface area contributed by atoms with Gasteiger partial charge in [-0.3, -0.25) is 4.90 Å². The first kappa shape index (κ1) is 15.2. The van der Waals surface area contributed by atoms with Gasteiger partial charge in [-0.15, -0.1) is 0 Å². The molecule has 0 spiro atoms. The quantitative estimate of drug-likeness (QED) is 0.611. The van der Waals surface area contributed by atoms with Crippen LogP contribution in [0.5, 0.6) is 0 Å². The summed E-state index contributed by atoms with van der Waals surface area (Å²) in [5.41, 5.74) is 0. The Morgan fingerprint density at radius 3 is 2.74 bits per heavy atom. The lowest BCUT2D eigenvalue weighted by atomic mass is 9.88. The molecule has 4 heteroatoms. The fraction of sp³-hybridized carbons (Fsp3) is 1.00. The molecular weight excluding hydrogens is 240 g/mol. The lowest BCUT2D eigenvalue weighted by molar-refractivity contribution is 0.0675. The molecular formula is C15H30N2O2. The van der Waals surface area contributed by atoms with Crippen LogP contribution in [-0.2, 0) is 0 Å². The van der Waals surface area contributed by atoms with Crippen molar-refractivity contribution in [3.63, 3.8) is 0 Å². The van der Waals surface area contributed by atoms with Gasteiger partial charge in [0.15, 0.2) is 0 Å². The highest BCUT2D eigenvalue weighted by atomic mass is 16.3. The van der Waals surface area contributed by atoms with Crippen LogP contribution in [0.4, 0.5) is 0 Å². The molecule has 3 atom stereocenters. The summed E-state index contributed by atoms with van der Waals surface area (Å²) < 4.78 is 0. The third-order valence-electron chi connectivity index (χ3n) is 4.45. The summed E-state index contributed by atoms with van der Waals surface area (Å²) in [5.74, 6) is 1.15. The number of piperidine rings is 1. The number of hydrogen-bond acceptors (Lipinski definition) is 4. The van der Waals surface area contributed by atoms with Gasteiger partial charge in [0.2, 0.25) is 0 Å². The van der Waals surface area contributed by atoms with Crippen LogP contribution in [0.1, 0.15) is 39.0 Å². The molecule has 1 aliphatic carbocycles. The third-order valence-corrected chi connectivity index (χ3v) is 4.45. The van der Waals surface area contributed by atoms with Crippen LogP contribution >= 0.6 is 0 Å². The van der Waals surface area contributed by atoms with Gasteiger partial charge < -0.3 is 15.5 Å². The number of likely N-dealkylation sites (tertiary alicyclic amines) is 1. The van der Waals surface area contributed by atoms with Crippen LogP contribution in [0, 0.1) is 11.8 Å². The maximum absolute atomic E-state index is 10.1. The molecule has 3 unspecified atom stereocenters. The zero-order valence-electron chi connectivity index (χ0n) is 12.2. The summed E-state index contributed by atoms with van der Waals surface area (Å²) in [5, 5.41) is 22.9. The van der Waals surface area contributed by atoms with Gasteiger partial charge in [-0.05, 0) is 50.5 Å². The van der Waals surface area contributed by atoms with E-state index < -0.39 is 0 Å². The SMILES string of the molecule is CCCNC1CC(CC(O)C2CC2)CN(CCO)C1. The second-order valence-corrected chi connectivity index (χ2v) is 6.38. The van der Waals surface area contributed by atoms with E-state index in [-0.39, 0.29) is 12.7 Å². The van der Waals surface area contributed by atoms with E-state index in [0.29, 0.717) is 17.9 Å². The van der Waals surface area contributed by atoms with Crippen molar-refractivity contribution in [3.05, 3.63) is 0 Å². The molecule has 0 aromatic carbocycles. The van der Waals surface area contributed by atoms with Crippen molar-refractivity contribution < 1.29 is 10.2 Å². The highest BCUT2D eigenvalue weighted by molar-refractivity contribution is 4.88. The molecule has 1 aliphatic heterocycles. The molecule has 0 bridgehead atoms. The Bertz CT molecular complexity index is 259. The standard InChI is InChI=1S/C15H30N2O2/c1-2-5-16-14-8-12(9-15(19)13-3-4-13)10-17(11-14)6-7-18/h12-16,18-19H,2-11H2,1H3. The minimum Gasteiger partial charge on any atom is -0.395 e. The molecule has 1 saturated carbocycles. The van der Waals surface area contributed by atoms with Crippen LogP contribution in [-0.4, -0.2) is 60.0 Å². The van der Waals surface area contributed by atoms with Crippen LogP contribution in [0.25, 0.3) is 0 Å². The van der Waals surface area contributed by atoms with Crippen LogP contribution in [0.3, 0.4) is 0 Å². The predicted molar refractivity (Wildman–Crippen MR) is 77.1 cm³/mol. The fourth-order valence-corrected chi connectivity index (χ4v) is 3.31. The predicted octanol–water partition coefficient (Wildman–Crippen LogP) is 0.830. The zero-order chi connectivity index (χ0) is 13.7. The van der Waals surface area contributed by atoms with Crippen LogP contribution in [0.2, 0.25) is 0 Å². The summed E-state index contributed by atoms with van der Waals surface area (Å²) in [6.07, 6.45) is 5.61. The number of rotatable bonds is 8. The molecule has 3 N–H and O–H groups in total. The first-order valence-corrected chi connectivity index (χ1v) is 7.97. The van der Waals surface area contributed by atoms with Crippen molar-refractivity contribution in [1.82, 2.24) is 10.2 Å². The molecule has 112 valence electrons. The first-order valence-electron chi connectivity index (χ1n) is 7.97. The number of hydrogen-bond donors (Lipinski definition) is 3. The van der Waals surface area contributed by atoms with Crippen molar-refractivity contribution in [1.29, 1.82) is 0 Å².